The number of hydrogen-bond donors (Lipinski definition) is 2. The van der Waals surface area contributed by atoms with Crippen LogP contribution in [0.4, 0.5) is 0 Å². The lowest BCUT2D eigenvalue weighted by molar-refractivity contribution is 0.0512. The van der Waals surface area contributed by atoms with E-state index in [9.17, 15) is 0 Å². The van der Waals surface area contributed by atoms with Gasteiger partial charge in [-0.1, -0.05) is 24.3 Å². The molecule has 2 heterocycles. The van der Waals surface area contributed by atoms with Gasteiger partial charge in [-0.2, -0.15) is 0 Å². The predicted molar refractivity (Wildman–Crippen MR) is 113 cm³/mol. The first-order valence-electron chi connectivity index (χ1n) is 9.62. The van der Waals surface area contributed by atoms with Crippen molar-refractivity contribution in [2.75, 3.05) is 33.4 Å². The summed E-state index contributed by atoms with van der Waals surface area (Å²) in [5.74, 6) is 0.849. The van der Waals surface area contributed by atoms with E-state index in [4.69, 9.17) is 4.74 Å². The molecule has 1 aromatic carbocycles. The molecular formula is C21H30N4OS. The number of hydrogen-bond acceptors (Lipinski definition) is 4. The van der Waals surface area contributed by atoms with Crippen LogP contribution in [-0.4, -0.2) is 44.3 Å². The number of aryl methyl sites for hydroxylation is 2. The second-order valence-corrected chi connectivity index (χ2v) is 8.23. The van der Waals surface area contributed by atoms with E-state index >= 15 is 0 Å². The fourth-order valence-electron chi connectivity index (χ4n) is 3.78. The largest absolute Gasteiger partial charge is 0.381 e. The van der Waals surface area contributed by atoms with Gasteiger partial charge in [0.25, 0.3) is 0 Å². The Morgan fingerprint density at radius 2 is 2.00 bits per heavy atom. The number of nitrogens with zero attached hydrogens (tertiary/aromatic N) is 2. The number of guanidine groups is 1. The number of rotatable bonds is 6. The highest BCUT2D eigenvalue weighted by Gasteiger charge is 2.35. The first kappa shape index (κ1) is 19.8. The Labute approximate surface area is 166 Å². The summed E-state index contributed by atoms with van der Waals surface area (Å²) < 4.78 is 5.66. The maximum atomic E-state index is 5.66. The fraction of sp³-hybridized carbons (Fsp3) is 0.524. The van der Waals surface area contributed by atoms with Crippen molar-refractivity contribution in [3.8, 4) is 0 Å². The summed E-state index contributed by atoms with van der Waals surface area (Å²) in [6.45, 7) is 7.55. The summed E-state index contributed by atoms with van der Waals surface area (Å²) in [4.78, 5) is 8.92. The molecule has 1 aliphatic rings. The van der Waals surface area contributed by atoms with Crippen LogP contribution in [0.5, 0.6) is 0 Å². The van der Waals surface area contributed by atoms with Crippen LogP contribution in [0.15, 0.2) is 34.6 Å². The quantitative estimate of drug-likeness (QED) is 0.591. The number of nitrogens with one attached hydrogen (secondary N) is 2. The average molecular weight is 387 g/mol. The summed E-state index contributed by atoms with van der Waals surface area (Å²) in [6.07, 6.45) is 2.96. The predicted octanol–water partition coefficient (Wildman–Crippen LogP) is 3.22. The molecule has 3 rings (SSSR count). The number of aromatic nitrogens is 1. The van der Waals surface area contributed by atoms with E-state index in [0.29, 0.717) is 0 Å². The summed E-state index contributed by atoms with van der Waals surface area (Å²) in [6, 6.07) is 8.72. The smallest absolute Gasteiger partial charge is 0.191 e. The van der Waals surface area contributed by atoms with Crippen molar-refractivity contribution in [2.24, 2.45) is 4.99 Å². The first-order valence-corrected chi connectivity index (χ1v) is 10.5. The monoisotopic (exact) mass is 386 g/mol. The maximum absolute atomic E-state index is 5.66. The van der Waals surface area contributed by atoms with Gasteiger partial charge in [0.05, 0.1) is 10.7 Å². The Morgan fingerprint density at radius 3 is 2.67 bits per heavy atom. The number of ether oxygens (including phenoxy) is 1. The Hall–Kier alpha value is -1.92. The molecule has 2 aromatic rings. The maximum Gasteiger partial charge on any atom is 0.191 e. The Kier molecular flexibility index (Phi) is 6.85. The fourth-order valence-corrected chi connectivity index (χ4v) is 4.42. The zero-order valence-corrected chi connectivity index (χ0v) is 17.4. The van der Waals surface area contributed by atoms with Gasteiger partial charge in [0, 0.05) is 50.6 Å². The minimum absolute atomic E-state index is 0.0905. The Morgan fingerprint density at radius 1 is 1.22 bits per heavy atom. The molecule has 1 aliphatic heterocycles. The van der Waals surface area contributed by atoms with Crippen LogP contribution in [0.25, 0.3) is 0 Å². The molecule has 0 spiro atoms. The van der Waals surface area contributed by atoms with E-state index in [1.807, 2.05) is 14.0 Å². The Balaban J connectivity index is 1.61. The minimum Gasteiger partial charge on any atom is -0.381 e. The van der Waals surface area contributed by atoms with E-state index in [1.165, 1.54) is 11.1 Å². The van der Waals surface area contributed by atoms with Crippen LogP contribution in [0.3, 0.4) is 0 Å². The van der Waals surface area contributed by atoms with E-state index in [0.717, 1.165) is 62.2 Å². The number of aliphatic imine (C=N–C) groups is 1. The zero-order chi connectivity index (χ0) is 19.1. The summed E-state index contributed by atoms with van der Waals surface area (Å²) in [5, 5.41) is 10.2. The topological polar surface area (TPSA) is 58.5 Å². The van der Waals surface area contributed by atoms with E-state index in [1.54, 1.807) is 11.3 Å². The SMILES string of the molecule is CN=C(NCCc1csc(C)n1)NCC1(c2ccccc2C)CCOCC1. The number of thiazole rings is 1. The molecule has 1 fully saturated rings. The third kappa shape index (κ3) is 5.08. The van der Waals surface area contributed by atoms with Gasteiger partial charge in [0.2, 0.25) is 0 Å². The van der Waals surface area contributed by atoms with E-state index in [-0.39, 0.29) is 5.41 Å². The summed E-state index contributed by atoms with van der Waals surface area (Å²) >= 11 is 1.70. The van der Waals surface area contributed by atoms with Crippen LogP contribution in [0.2, 0.25) is 0 Å². The molecule has 0 atom stereocenters. The summed E-state index contributed by atoms with van der Waals surface area (Å²) in [5.41, 5.74) is 4.01. The highest BCUT2D eigenvalue weighted by Crippen LogP contribution is 2.36. The van der Waals surface area contributed by atoms with Crippen molar-refractivity contribution >= 4 is 17.3 Å². The van der Waals surface area contributed by atoms with Crippen LogP contribution in [0, 0.1) is 13.8 Å². The van der Waals surface area contributed by atoms with Crippen molar-refractivity contribution in [3.63, 3.8) is 0 Å². The lowest BCUT2D eigenvalue weighted by Gasteiger charge is -2.39. The third-order valence-corrected chi connectivity index (χ3v) is 6.15. The third-order valence-electron chi connectivity index (χ3n) is 5.32. The van der Waals surface area contributed by atoms with Crippen molar-refractivity contribution in [1.82, 2.24) is 15.6 Å². The molecule has 146 valence electrons. The summed E-state index contributed by atoms with van der Waals surface area (Å²) in [7, 11) is 1.83. The first-order chi connectivity index (χ1) is 13.1. The standard InChI is InChI=1S/C21H30N4OS/c1-16-6-4-5-7-19(16)21(9-12-26-13-10-21)15-24-20(22-3)23-11-8-18-14-27-17(2)25-18/h4-7,14H,8-13,15H2,1-3H3,(H2,22,23,24). The molecule has 0 aliphatic carbocycles. The van der Waals surface area contributed by atoms with Gasteiger partial charge in [-0.05, 0) is 37.8 Å². The van der Waals surface area contributed by atoms with E-state index < -0.39 is 0 Å². The second-order valence-electron chi connectivity index (χ2n) is 7.17. The molecule has 0 amide bonds. The molecule has 1 aromatic heterocycles. The normalized spacial score (nSPS) is 16.9. The lowest BCUT2D eigenvalue weighted by Crippen LogP contribution is -2.48. The van der Waals surface area contributed by atoms with Gasteiger partial charge in [-0.25, -0.2) is 4.98 Å². The van der Waals surface area contributed by atoms with Gasteiger partial charge < -0.3 is 15.4 Å². The highest BCUT2D eigenvalue weighted by molar-refractivity contribution is 7.09. The van der Waals surface area contributed by atoms with Crippen LogP contribution < -0.4 is 10.6 Å². The second kappa shape index (κ2) is 9.33. The average Bonchev–Trinajstić information content (AvgIpc) is 3.10. The van der Waals surface area contributed by atoms with Gasteiger partial charge in [0.1, 0.15) is 0 Å². The molecule has 0 radical (unpaired) electrons. The molecule has 0 saturated carbocycles. The molecule has 0 unspecified atom stereocenters. The van der Waals surface area contributed by atoms with E-state index in [2.05, 4.69) is 57.2 Å². The van der Waals surface area contributed by atoms with Crippen molar-refractivity contribution in [2.45, 2.75) is 38.5 Å². The van der Waals surface area contributed by atoms with Gasteiger partial charge >= 0.3 is 0 Å². The molecule has 5 nitrogen and oxygen atoms in total. The van der Waals surface area contributed by atoms with Crippen molar-refractivity contribution < 1.29 is 4.74 Å². The zero-order valence-electron chi connectivity index (χ0n) is 16.5. The van der Waals surface area contributed by atoms with Crippen LogP contribution >= 0.6 is 11.3 Å². The Bertz CT molecular complexity index is 765. The van der Waals surface area contributed by atoms with Gasteiger partial charge in [-0.3, -0.25) is 4.99 Å². The van der Waals surface area contributed by atoms with Crippen molar-refractivity contribution in [3.05, 3.63) is 51.5 Å². The molecular weight excluding hydrogens is 356 g/mol. The van der Waals surface area contributed by atoms with Crippen LogP contribution in [0.1, 0.15) is 34.7 Å². The lowest BCUT2D eigenvalue weighted by atomic mass is 9.72. The molecule has 1 saturated heterocycles. The van der Waals surface area contributed by atoms with Gasteiger partial charge in [0.15, 0.2) is 5.96 Å². The molecule has 6 heteroatoms. The molecule has 0 bridgehead atoms. The molecule has 2 N–H and O–H groups in total. The highest BCUT2D eigenvalue weighted by atomic mass is 32.1. The van der Waals surface area contributed by atoms with Crippen LogP contribution in [-0.2, 0) is 16.6 Å². The molecule has 27 heavy (non-hydrogen) atoms. The number of benzene rings is 1. The van der Waals surface area contributed by atoms with Crippen molar-refractivity contribution in [1.29, 1.82) is 0 Å². The minimum atomic E-state index is 0.0905. The van der Waals surface area contributed by atoms with Gasteiger partial charge in [-0.15, -0.1) is 11.3 Å².